The van der Waals surface area contributed by atoms with Gasteiger partial charge >= 0.3 is 0 Å². The van der Waals surface area contributed by atoms with Crippen molar-refractivity contribution in [1.29, 1.82) is 0 Å². The molecule has 0 aliphatic carbocycles. The number of nitrogens with zero attached hydrogens (tertiary/aromatic N) is 1. The molecular formula is C14H14F2N2. The smallest absolute Gasteiger partial charge is 0.126 e. The van der Waals surface area contributed by atoms with E-state index >= 15 is 0 Å². The first-order valence-corrected chi connectivity index (χ1v) is 5.78. The molecule has 94 valence electrons. The van der Waals surface area contributed by atoms with Crippen LogP contribution in [0.4, 0.5) is 8.78 Å². The maximum Gasteiger partial charge on any atom is 0.126 e. The van der Waals surface area contributed by atoms with E-state index < -0.39 is 11.6 Å². The SMILES string of the molecule is Fc1cc(F)cc(CCNCc2cccnc2)c1. The van der Waals surface area contributed by atoms with Crippen LogP contribution in [0.1, 0.15) is 11.1 Å². The molecule has 1 N–H and O–H groups in total. The predicted octanol–water partition coefficient (Wildman–Crippen LogP) is 2.69. The molecule has 0 bridgehead atoms. The summed E-state index contributed by atoms with van der Waals surface area (Å²) in [7, 11) is 0. The molecule has 0 spiro atoms. The Morgan fingerprint density at radius 1 is 1.06 bits per heavy atom. The molecule has 0 saturated heterocycles. The van der Waals surface area contributed by atoms with E-state index in [0.29, 0.717) is 25.1 Å². The fourth-order valence-corrected chi connectivity index (χ4v) is 1.72. The second-order valence-corrected chi connectivity index (χ2v) is 4.07. The van der Waals surface area contributed by atoms with Crippen molar-refractivity contribution in [2.75, 3.05) is 6.54 Å². The van der Waals surface area contributed by atoms with Crippen molar-refractivity contribution >= 4 is 0 Å². The quantitative estimate of drug-likeness (QED) is 0.823. The molecule has 0 unspecified atom stereocenters. The van der Waals surface area contributed by atoms with Gasteiger partial charge in [0, 0.05) is 25.0 Å². The van der Waals surface area contributed by atoms with Gasteiger partial charge in [-0.1, -0.05) is 6.07 Å². The molecule has 1 aromatic carbocycles. The van der Waals surface area contributed by atoms with Crippen LogP contribution in [0, 0.1) is 11.6 Å². The highest BCUT2D eigenvalue weighted by molar-refractivity contribution is 5.18. The first kappa shape index (κ1) is 12.6. The van der Waals surface area contributed by atoms with Gasteiger partial charge in [-0.3, -0.25) is 4.98 Å². The second-order valence-electron chi connectivity index (χ2n) is 4.07. The van der Waals surface area contributed by atoms with Gasteiger partial charge in [0.05, 0.1) is 0 Å². The van der Waals surface area contributed by atoms with Crippen LogP contribution in [0.2, 0.25) is 0 Å². The van der Waals surface area contributed by atoms with Crippen molar-refractivity contribution in [2.24, 2.45) is 0 Å². The third-order valence-electron chi connectivity index (χ3n) is 2.56. The molecule has 1 aromatic heterocycles. The highest BCUT2D eigenvalue weighted by Crippen LogP contribution is 2.08. The number of halogens is 2. The highest BCUT2D eigenvalue weighted by atomic mass is 19.1. The first-order valence-electron chi connectivity index (χ1n) is 5.78. The zero-order valence-corrected chi connectivity index (χ0v) is 9.87. The Balaban J connectivity index is 1.78. The molecular weight excluding hydrogens is 234 g/mol. The van der Waals surface area contributed by atoms with E-state index in [0.717, 1.165) is 11.6 Å². The minimum absolute atomic E-state index is 0.530. The van der Waals surface area contributed by atoms with E-state index in [4.69, 9.17) is 0 Å². The third kappa shape index (κ3) is 3.89. The number of pyridine rings is 1. The van der Waals surface area contributed by atoms with Crippen molar-refractivity contribution < 1.29 is 8.78 Å². The average molecular weight is 248 g/mol. The highest BCUT2D eigenvalue weighted by Gasteiger charge is 2.00. The topological polar surface area (TPSA) is 24.9 Å². The summed E-state index contributed by atoms with van der Waals surface area (Å²) >= 11 is 0. The molecule has 18 heavy (non-hydrogen) atoms. The van der Waals surface area contributed by atoms with Gasteiger partial charge in [0.1, 0.15) is 11.6 Å². The Hall–Kier alpha value is -1.81. The van der Waals surface area contributed by atoms with Crippen LogP contribution in [0.15, 0.2) is 42.7 Å². The van der Waals surface area contributed by atoms with E-state index in [-0.39, 0.29) is 0 Å². The van der Waals surface area contributed by atoms with Gasteiger partial charge in [0.15, 0.2) is 0 Å². The van der Waals surface area contributed by atoms with Crippen LogP contribution < -0.4 is 5.32 Å². The summed E-state index contributed by atoms with van der Waals surface area (Å²) in [6, 6.07) is 7.44. The fraction of sp³-hybridized carbons (Fsp3) is 0.214. The molecule has 0 fully saturated rings. The average Bonchev–Trinajstić information content (AvgIpc) is 2.35. The van der Waals surface area contributed by atoms with Crippen LogP contribution in [0.5, 0.6) is 0 Å². The lowest BCUT2D eigenvalue weighted by atomic mass is 10.1. The summed E-state index contributed by atoms with van der Waals surface area (Å²) in [5, 5.41) is 3.20. The Morgan fingerprint density at radius 3 is 2.50 bits per heavy atom. The summed E-state index contributed by atoms with van der Waals surface area (Å²) in [5.41, 5.74) is 1.74. The minimum Gasteiger partial charge on any atom is -0.312 e. The minimum atomic E-state index is -0.530. The number of aromatic nitrogens is 1. The predicted molar refractivity (Wildman–Crippen MR) is 66.0 cm³/mol. The number of hydrogen-bond donors (Lipinski definition) is 1. The van der Waals surface area contributed by atoms with Crippen molar-refractivity contribution in [3.05, 3.63) is 65.5 Å². The van der Waals surface area contributed by atoms with Crippen LogP contribution in [-0.2, 0) is 13.0 Å². The van der Waals surface area contributed by atoms with Gasteiger partial charge in [0.25, 0.3) is 0 Å². The van der Waals surface area contributed by atoms with Crippen molar-refractivity contribution in [3.8, 4) is 0 Å². The van der Waals surface area contributed by atoms with Gasteiger partial charge in [-0.2, -0.15) is 0 Å². The lowest BCUT2D eigenvalue weighted by molar-refractivity contribution is 0.577. The van der Waals surface area contributed by atoms with E-state index in [1.807, 2.05) is 12.1 Å². The molecule has 1 heterocycles. The van der Waals surface area contributed by atoms with Gasteiger partial charge in [0.2, 0.25) is 0 Å². The second kappa shape index (κ2) is 6.21. The normalized spacial score (nSPS) is 10.6. The molecule has 2 rings (SSSR count). The summed E-state index contributed by atoms with van der Waals surface area (Å²) in [5.74, 6) is -1.06. The lowest BCUT2D eigenvalue weighted by Crippen LogP contribution is -2.16. The van der Waals surface area contributed by atoms with E-state index in [9.17, 15) is 8.78 Å². The Labute approximate surface area is 105 Å². The Morgan fingerprint density at radius 2 is 1.83 bits per heavy atom. The zero-order valence-electron chi connectivity index (χ0n) is 9.87. The maximum atomic E-state index is 12.9. The molecule has 0 aliphatic rings. The zero-order chi connectivity index (χ0) is 12.8. The van der Waals surface area contributed by atoms with Crippen LogP contribution >= 0.6 is 0 Å². The van der Waals surface area contributed by atoms with Gasteiger partial charge in [-0.05, 0) is 42.3 Å². The van der Waals surface area contributed by atoms with Gasteiger partial charge in [-0.25, -0.2) is 8.78 Å². The molecule has 0 atom stereocenters. The third-order valence-corrected chi connectivity index (χ3v) is 2.56. The van der Waals surface area contributed by atoms with Crippen LogP contribution in [0.25, 0.3) is 0 Å². The van der Waals surface area contributed by atoms with Gasteiger partial charge in [-0.15, -0.1) is 0 Å². The lowest BCUT2D eigenvalue weighted by Gasteiger charge is -2.05. The first-order chi connectivity index (χ1) is 8.74. The largest absolute Gasteiger partial charge is 0.312 e. The number of rotatable bonds is 5. The standard InChI is InChI=1S/C14H14F2N2/c15-13-6-11(7-14(16)8-13)3-5-18-10-12-2-1-4-17-9-12/h1-2,4,6-9,18H,3,5,10H2. The number of hydrogen-bond acceptors (Lipinski definition) is 2. The molecule has 0 radical (unpaired) electrons. The van der Waals surface area contributed by atoms with E-state index in [1.165, 1.54) is 12.1 Å². The van der Waals surface area contributed by atoms with Crippen molar-refractivity contribution in [2.45, 2.75) is 13.0 Å². The molecule has 2 nitrogen and oxygen atoms in total. The molecule has 2 aromatic rings. The summed E-state index contributed by atoms with van der Waals surface area (Å²) in [4.78, 5) is 4.01. The van der Waals surface area contributed by atoms with E-state index in [2.05, 4.69) is 10.3 Å². The number of nitrogens with one attached hydrogen (secondary N) is 1. The molecule has 4 heteroatoms. The maximum absolute atomic E-state index is 12.9. The molecule has 0 saturated carbocycles. The molecule has 0 aliphatic heterocycles. The number of benzene rings is 1. The fourth-order valence-electron chi connectivity index (χ4n) is 1.72. The summed E-state index contributed by atoms with van der Waals surface area (Å²) in [6.07, 6.45) is 4.10. The Bertz CT molecular complexity index is 480. The van der Waals surface area contributed by atoms with E-state index in [1.54, 1.807) is 12.4 Å². The molecule has 0 amide bonds. The monoisotopic (exact) mass is 248 g/mol. The van der Waals surface area contributed by atoms with Crippen molar-refractivity contribution in [1.82, 2.24) is 10.3 Å². The van der Waals surface area contributed by atoms with Crippen molar-refractivity contribution in [3.63, 3.8) is 0 Å². The Kier molecular flexibility index (Phi) is 4.36. The van der Waals surface area contributed by atoms with Crippen LogP contribution in [-0.4, -0.2) is 11.5 Å². The summed E-state index contributed by atoms with van der Waals surface area (Å²) in [6.45, 7) is 1.36. The van der Waals surface area contributed by atoms with Gasteiger partial charge < -0.3 is 5.32 Å². The van der Waals surface area contributed by atoms with Crippen LogP contribution in [0.3, 0.4) is 0 Å². The summed E-state index contributed by atoms with van der Waals surface area (Å²) < 4.78 is 25.9.